The molecule has 0 aromatic carbocycles. The van der Waals surface area contributed by atoms with Gasteiger partial charge < -0.3 is 14.9 Å². The van der Waals surface area contributed by atoms with Gasteiger partial charge in [0.25, 0.3) is 0 Å². The summed E-state index contributed by atoms with van der Waals surface area (Å²) in [5, 5.41) is 14.8. The third-order valence-corrected chi connectivity index (χ3v) is 4.16. The molecule has 2 atom stereocenters. The van der Waals surface area contributed by atoms with Crippen molar-refractivity contribution in [2.24, 2.45) is 0 Å². The van der Waals surface area contributed by atoms with Crippen molar-refractivity contribution in [2.75, 3.05) is 33.7 Å². The largest absolute Gasteiger partial charge is 0.393 e. The van der Waals surface area contributed by atoms with E-state index in [4.69, 9.17) is 0 Å². The molecule has 2 heterocycles. The molecular weight excluding hydrogens is 252 g/mol. The SMILES string of the molecule is CC(C)n1ccc(CC(O)CC2CN(C)CCN2C)n1. The second-order valence-electron chi connectivity index (χ2n) is 6.37. The number of nitrogens with zero attached hydrogens (tertiary/aromatic N) is 4. The smallest absolute Gasteiger partial charge is 0.0650 e. The van der Waals surface area contributed by atoms with Crippen LogP contribution in [0.3, 0.4) is 0 Å². The van der Waals surface area contributed by atoms with Gasteiger partial charge in [-0.25, -0.2) is 0 Å². The summed E-state index contributed by atoms with van der Waals surface area (Å²) in [6.07, 6.45) is 3.14. The topological polar surface area (TPSA) is 44.5 Å². The molecule has 0 amide bonds. The van der Waals surface area contributed by atoms with Crippen molar-refractivity contribution in [1.82, 2.24) is 19.6 Å². The molecule has 0 radical (unpaired) electrons. The monoisotopic (exact) mass is 280 g/mol. The molecule has 5 heteroatoms. The highest BCUT2D eigenvalue weighted by Crippen LogP contribution is 2.14. The van der Waals surface area contributed by atoms with Crippen LogP contribution in [0.4, 0.5) is 0 Å². The molecule has 1 aromatic rings. The van der Waals surface area contributed by atoms with Gasteiger partial charge in [-0.05, 0) is 40.4 Å². The summed E-state index contributed by atoms with van der Waals surface area (Å²) in [6.45, 7) is 7.45. The lowest BCUT2D eigenvalue weighted by Gasteiger charge is -2.38. The maximum Gasteiger partial charge on any atom is 0.0650 e. The van der Waals surface area contributed by atoms with E-state index in [9.17, 15) is 5.11 Å². The van der Waals surface area contributed by atoms with Crippen LogP contribution >= 0.6 is 0 Å². The van der Waals surface area contributed by atoms with Gasteiger partial charge in [-0.2, -0.15) is 5.10 Å². The third-order valence-electron chi connectivity index (χ3n) is 4.16. The van der Waals surface area contributed by atoms with E-state index in [-0.39, 0.29) is 6.10 Å². The molecule has 114 valence electrons. The van der Waals surface area contributed by atoms with E-state index < -0.39 is 0 Å². The van der Waals surface area contributed by atoms with Crippen LogP contribution in [-0.2, 0) is 6.42 Å². The molecule has 0 aliphatic carbocycles. The molecule has 1 aliphatic rings. The summed E-state index contributed by atoms with van der Waals surface area (Å²) in [5.41, 5.74) is 0.984. The molecule has 1 fully saturated rings. The van der Waals surface area contributed by atoms with Crippen LogP contribution in [0.25, 0.3) is 0 Å². The van der Waals surface area contributed by atoms with Crippen LogP contribution in [0, 0.1) is 0 Å². The molecule has 5 nitrogen and oxygen atoms in total. The minimum atomic E-state index is -0.315. The molecule has 0 spiro atoms. The summed E-state index contributed by atoms with van der Waals surface area (Å²) >= 11 is 0. The summed E-state index contributed by atoms with van der Waals surface area (Å²) < 4.78 is 1.95. The van der Waals surface area contributed by atoms with E-state index in [1.54, 1.807) is 0 Å². The predicted octanol–water partition coefficient (Wildman–Crippen LogP) is 1.00. The van der Waals surface area contributed by atoms with Crippen LogP contribution in [0.2, 0.25) is 0 Å². The normalized spacial score (nSPS) is 23.4. The van der Waals surface area contributed by atoms with Crippen LogP contribution in [0.5, 0.6) is 0 Å². The first-order valence-electron chi connectivity index (χ1n) is 7.56. The van der Waals surface area contributed by atoms with Crippen molar-refractivity contribution in [3.63, 3.8) is 0 Å². The fraction of sp³-hybridized carbons (Fsp3) is 0.800. The fourth-order valence-electron chi connectivity index (χ4n) is 2.77. The highest BCUT2D eigenvalue weighted by Gasteiger charge is 2.24. The van der Waals surface area contributed by atoms with Gasteiger partial charge in [0.15, 0.2) is 0 Å². The minimum absolute atomic E-state index is 0.315. The molecule has 1 saturated heterocycles. The summed E-state index contributed by atoms with van der Waals surface area (Å²) in [4.78, 5) is 4.70. The average molecular weight is 280 g/mol. The molecule has 1 aliphatic heterocycles. The number of aliphatic hydroxyl groups is 1. The number of aromatic nitrogens is 2. The van der Waals surface area contributed by atoms with Crippen LogP contribution in [0.1, 0.15) is 32.0 Å². The van der Waals surface area contributed by atoms with Gasteiger partial charge in [0, 0.05) is 44.3 Å². The lowest BCUT2D eigenvalue weighted by molar-refractivity contribution is 0.0635. The number of hydrogen-bond acceptors (Lipinski definition) is 4. The Labute approximate surface area is 122 Å². The molecule has 0 saturated carbocycles. The van der Waals surface area contributed by atoms with Crippen molar-refractivity contribution >= 4 is 0 Å². The number of aliphatic hydroxyl groups excluding tert-OH is 1. The third kappa shape index (κ3) is 4.04. The fourth-order valence-corrected chi connectivity index (χ4v) is 2.77. The second kappa shape index (κ2) is 6.70. The summed E-state index contributed by atoms with van der Waals surface area (Å²) in [5.74, 6) is 0. The Bertz CT molecular complexity index is 418. The van der Waals surface area contributed by atoms with Crippen molar-refractivity contribution < 1.29 is 5.11 Å². The highest BCUT2D eigenvalue weighted by atomic mass is 16.3. The van der Waals surface area contributed by atoms with Crippen LogP contribution in [-0.4, -0.2) is 70.6 Å². The Morgan fingerprint density at radius 1 is 1.35 bits per heavy atom. The van der Waals surface area contributed by atoms with E-state index in [0.717, 1.165) is 31.7 Å². The maximum absolute atomic E-state index is 10.3. The van der Waals surface area contributed by atoms with Crippen molar-refractivity contribution in [3.05, 3.63) is 18.0 Å². The van der Waals surface area contributed by atoms with E-state index >= 15 is 0 Å². The Balaban J connectivity index is 1.86. The van der Waals surface area contributed by atoms with Crippen molar-refractivity contribution in [3.8, 4) is 0 Å². The Morgan fingerprint density at radius 3 is 2.75 bits per heavy atom. The minimum Gasteiger partial charge on any atom is -0.393 e. The summed E-state index contributed by atoms with van der Waals surface area (Å²) in [7, 11) is 4.30. The number of piperazine rings is 1. The number of rotatable bonds is 5. The second-order valence-corrected chi connectivity index (χ2v) is 6.37. The zero-order valence-electron chi connectivity index (χ0n) is 13.2. The van der Waals surface area contributed by atoms with Gasteiger partial charge in [-0.15, -0.1) is 0 Å². The first-order chi connectivity index (χ1) is 9.45. The number of hydrogen-bond donors (Lipinski definition) is 1. The highest BCUT2D eigenvalue weighted by molar-refractivity contribution is 5.01. The zero-order chi connectivity index (χ0) is 14.7. The predicted molar refractivity (Wildman–Crippen MR) is 80.9 cm³/mol. The van der Waals surface area contributed by atoms with E-state index in [1.165, 1.54) is 0 Å². The van der Waals surface area contributed by atoms with Crippen molar-refractivity contribution in [1.29, 1.82) is 0 Å². The van der Waals surface area contributed by atoms with Gasteiger partial charge in [0.1, 0.15) is 0 Å². The standard InChI is InChI=1S/C15H28N4O/c1-12(2)19-6-5-13(16-19)9-15(20)10-14-11-17(3)7-8-18(14)4/h5-6,12,14-15,20H,7-11H2,1-4H3. The van der Waals surface area contributed by atoms with Gasteiger partial charge in [0.05, 0.1) is 11.8 Å². The zero-order valence-corrected chi connectivity index (χ0v) is 13.2. The molecule has 1 aromatic heterocycles. The lowest BCUT2D eigenvalue weighted by atomic mass is 10.0. The quantitative estimate of drug-likeness (QED) is 0.874. The first-order valence-corrected chi connectivity index (χ1v) is 7.56. The van der Waals surface area contributed by atoms with Gasteiger partial charge in [-0.3, -0.25) is 4.68 Å². The van der Waals surface area contributed by atoms with Crippen molar-refractivity contribution in [2.45, 2.75) is 44.9 Å². The Morgan fingerprint density at radius 2 is 2.10 bits per heavy atom. The van der Waals surface area contributed by atoms with Gasteiger partial charge in [0.2, 0.25) is 0 Å². The molecule has 1 N–H and O–H groups in total. The molecule has 20 heavy (non-hydrogen) atoms. The van der Waals surface area contributed by atoms with Crippen LogP contribution in [0.15, 0.2) is 12.3 Å². The molecular formula is C15H28N4O. The van der Waals surface area contributed by atoms with E-state index in [2.05, 4.69) is 42.8 Å². The molecule has 2 unspecified atom stereocenters. The molecule has 2 rings (SSSR count). The first kappa shape index (κ1) is 15.5. The maximum atomic E-state index is 10.3. The number of likely N-dealkylation sites (N-methyl/N-ethyl adjacent to an activating group) is 2. The Kier molecular flexibility index (Phi) is 5.18. The van der Waals surface area contributed by atoms with E-state index in [0.29, 0.717) is 18.5 Å². The lowest BCUT2D eigenvalue weighted by Crippen LogP contribution is -2.51. The summed E-state index contributed by atoms with van der Waals surface area (Å²) in [6, 6.07) is 2.83. The molecule has 0 bridgehead atoms. The average Bonchev–Trinajstić information content (AvgIpc) is 2.82. The Hall–Kier alpha value is -0.910. The van der Waals surface area contributed by atoms with Crippen LogP contribution < -0.4 is 0 Å². The van der Waals surface area contributed by atoms with Gasteiger partial charge >= 0.3 is 0 Å². The van der Waals surface area contributed by atoms with E-state index in [1.807, 2.05) is 16.9 Å². The van der Waals surface area contributed by atoms with Gasteiger partial charge in [-0.1, -0.05) is 0 Å².